The highest BCUT2D eigenvalue weighted by atomic mass is 16.2. The molecule has 4 heterocycles. The van der Waals surface area contributed by atoms with Gasteiger partial charge in [0.1, 0.15) is 5.82 Å². The second-order valence-corrected chi connectivity index (χ2v) is 7.80. The van der Waals surface area contributed by atoms with E-state index < -0.39 is 0 Å². The summed E-state index contributed by atoms with van der Waals surface area (Å²) < 4.78 is 1.99. The van der Waals surface area contributed by atoms with Gasteiger partial charge < -0.3 is 14.2 Å². The number of amides is 2. The predicted octanol–water partition coefficient (Wildman–Crippen LogP) is 3.55. The number of benzene rings is 1. The maximum absolute atomic E-state index is 13.1. The van der Waals surface area contributed by atoms with Crippen molar-refractivity contribution in [2.45, 2.75) is 31.7 Å². The first-order valence-electron chi connectivity index (χ1n) is 10.4. The van der Waals surface area contributed by atoms with Crippen LogP contribution >= 0.6 is 0 Å². The second kappa shape index (κ2) is 7.35. The number of imidazole rings is 1. The fourth-order valence-corrected chi connectivity index (χ4v) is 4.55. The summed E-state index contributed by atoms with van der Waals surface area (Å²) >= 11 is 0. The van der Waals surface area contributed by atoms with E-state index in [1.54, 1.807) is 0 Å². The van der Waals surface area contributed by atoms with Crippen molar-refractivity contribution in [3.63, 3.8) is 0 Å². The molecule has 0 spiro atoms. The first kappa shape index (κ1) is 17.9. The van der Waals surface area contributed by atoms with Crippen molar-refractivity contribution in [3.8, 4) is 0 Å². The van der Waals surface area contributed by atoms with Gasteiger partial charge in [0, 0.05) is 31.4 Å². The Morgan fingerprint density at radius 1 is 0.862 bits per heavy atom. The number of carbonyl (C=O) groups excluding carboxylic acids is 2. The molecule has 29 heavy (non-hydrogen) atoms. The van der Waals surface area contributed by atoms with Crippen LogP contribution in [0.4, 0.5) is 0 Å². The summed E-state index contributed by atoms with van der Waals surface area (Å²) in [7, 11) is 0. The van der Waals surface area contributed by atoms with E-state index in [-0.39, 0.29) is 17.9 Å². The van der Waals surface area contributed by atoms with E-state index in [0.717, 1.165) is 50.1 Å². The van der Waals surface area contributed by atoms with Crippen molar-refractivity contribution in [3.05, 3.63) is 71.8 Å². The second-order valence-electron chi connectivity index (χ2n) is 7.80. The normalized spacial score (nSPS) is 19.2. The van der Waals surface area contributed by atoms with Crippen LogP contribution in [-0.4, -0.2) is 50.6 Å². The molecule has 0 saturated carbocycles. The van der Waals surface area contributed by atoms with E-state index in [4.69, 9.17) is 4.98 Å². The van der Waals surface area contributed by atoms with Crippen molar-refractivity contribution in [2.75, 3.05) is 19.6 Å². The zero-order chi connectivity index (χ0) is 19.8. The van der Waals surface area contributed by atoms with Crippen LogP contribution in [-0.2, 0) is 0 Å². The minimum absolute atomic E-state index is 0.00335. The first-order chi connectivity index (χ1) is 14.2. The molecule has 3 aromatic rings. The van der Waals surface area contributed by atoms with Gasteiger partial charge in [0.2, 0.25) is 0 Å². The number of fused-ring (bicyclic) bond motifs is 1. The molecule has 2 aliphatic rings. The van der Waals surface area contributed by atoms with Crippen LogP contribution in [0.1, 0.15) is 58.4 Å². The van der Waals surface area contributed by atoms with Crippen LogP contribution in [0.15, 0.2) is 54.7 Å². The van der Waals surface area contributed by atoms with Crippen molar-refractivity contribution in [1.82, 2.24) is 19.2 Å². The molecule has 2 aromatic heterocycles. The van der Waals surface area contributed by atoms with Gasteiger partial charge in [0.15, 0.2) is 5.69 Å². The van der Waals surface area contributed by atoms with Gasteiger partial charge in [-0.2, -0.15) is 0 Å². The number of hydrogen-bond donors (Lipinski definition) is 0. The first-order valence-corrected chi connectivity index (χ1v) is 10.4. The fraction of sp³-hybridized carbons (Fsp3) is 0.348. The topological polar surface area (TPSA) is 57.9 Å². The summed E-state index contributed by atoms with van der Waals surface area (Å²) in [5, 5.41) is 0. The van der Waals surface area contributed by atoms with Crippen LogP contribution < -0.4 is 0 Å². The maximum atomic E-state index is 13.1. The van der Waals surface area contributed by atoms with Crippen LogP contribution in [0.3, 0.4) is 0 Å². The Kier molecular flexibility index (Phi) is 4.54. The Bertz CT molecular complexity index is 1050. The molecule has 5 rings (SSSR count). The van der Waals surface area contributed by atoms with Crippen molar-refractivity contribution in [2.24, 2.45) is 0 Å². The van der Waals surface area contributed by atoms with Gasteiger partial charge in [-0.05, 0) is 49.9 Å². The lowest BCUT2D eigenvalue weighted by Crippen LogP contribution is -2.31. The quantitative estimate of drug-likeness (QED) is 0.689. The SMILES string of the molecule is O=C(c1nc([C@@H]2CCCN2C(=O)c2ccccc2)n2ccccc12)N1CCCC1. The molecule has 0 unspecified atom stereocenters. The van der Waals surface area contributed by atoms with Crippen molar-refractivity contribution >= 4 is 17.3 Å². The van der Waals surface area contributed by atoms with Gasteiger partial charge in [-0.3, -0.25) is 9.59 Å². The average Bonchev–Trinajstić information content (AvgIpc) is 3.52. The standard InChI is InChI=1S/C23H24N4O2/c28-22(17-9-2-1-3-10-17)27-16-8-12-19(27)21-24-20(18-11-4-5-15-26(18)21)23(29)25-13-6-7-14-25/h1-5,9-11,15,19H,6-8,12-14,16H2/t19-/m0/s1. The summed E-state index contributed by atoms with van der Waals surface area (Å²) in [6, 6.07) is 15.1. The highest BCUT2D eigenvalue weighted by Crippen LogP contribution is 2.34. The van der Waals surface area contributed by atoms with Crippen molar-refractivity contribution < 1.29 is 9.59 Å². The Labute approximate surface area is 169 Å². The molecular weight excluding hydrogens is 364 g/mol. The molecule has 0 bridgehead atoms. The van der Waals surface area contributed by atoms with Crippen LogP contribution in [0.2, 0.25) is 0 Å². The fourth-order valence-electron chi connectivity index (χ4n) is 4.55. The lowest BCUT2D eigenvalue weighted by Gasteiger charge is -2.24. The summed E-state index contributed by atoms with van der Waals surface area (Å²) in [5.74, 6) is 0.800. The van der Waals surface area contributed by atoms with Gasteiger partial charge in [-0.1, -0.05) is 24.3 Å². The number of rotatable bonds is 3. The molecule has 2 saturated heterocycles. The minimum Gasteiger partial charge on any atom is -0.337 e. The molecule has 6 nitrogen and oxygen atoms in total. The van der Waals surface area contributed by atoms with Gasteiger partial charge in [0.05, 0.1) is 11.6 Å². The Morgan fingerprint density at radius 3 is 2.41 bits per heavy atom. The van der Waals surface area contributed by atoms with Gasteiger partial charge in [-0.25, -0.2) is 4.98 Å². The molecule has 2 fully saturated rings. The molecule has 0 aliphatic carbocycles. The van der Waals surface area contributed by atoms with E-state index in [0.29, 0.717) is 17.8 Å². The van der Waals surface area contributed by atoms with E-state index in [1.165, 1.54) is 0 Å². The summed E-state index contributed by atoms with van der Waals surface area (Å²) in [5.41, 5.74) is 2.01. The molecule has 1 aromatic carbocycles. The van der Waals surface area contributed by atoms with Gasteiger partial charge in [-0.15, -0.1) is 0 Å². The number of likely N-dealkylation sites (tertiary alicyclic amines) is 2. The van der Waals surface area contributed by atoms with E-state index in [1.807, 2.05) is 68.9 Å². The molecule has 1 atom stereocenters. The third-order valence-electron chi connectivity index (χ3n) is 6.00. The number of pyridine rings is 1. The maximum Gasteiger partial charge on any atom is 0.274 e. The molecule has 2 amide bonds. The Hall–Kier alpha value is -3.15. The summed E-state index contributed by atoms with van der Waals surface area (Å²) in [6.45, 7) is 2.29. The number of aromatic nitrogens is 2. The highest BCUT2D eigenvalue weighted by molar-refractivity contribution is 5.99. The van der Waals surface area contributed by atoms with E-state index in [2.05, 4.69) is 0 Å². The molecule has 0 radical (unpaired) electrons. The third-order valence-corrected chi connectivity index (χ3v) is 6.00. The molecular formula is C23H24N4O2. The number of nitrogens with zero attached hydrogens (tertiary/aromatic N) is 4. The zero-order valence-electron chi connectivity index (χ0n) is 16.3. The van der Waals surface area contributed by atoms with E-state index in [9.17, 15) is 9.59 Å². The number of hydrogen-bond acceptors (Lipinski definition) is 3. The Morgan fingerprint density at radius 2 is 1.62 bits per heavy atom. The third kappa shape index (κ3) is 3.09. The summed E-state index contributed by atoms with van der Waals surface area (Å²) in [4.78, 5) is 34.8. The van der Waals surface area contributed by atoms with Crippen molar-refractivity contribution in [1.29, 1.82) is 0 Å². The highest BCUT2D eigenvalue weighted by Gasteiger charge is 2.35. The van der Waals surface area contributed by atoms with E-state index >= 15 is 0 Å². The lowest BCUT2D eigenvalue weighted by atomic mass is 10.1. The van der Waals surface area contributed by atoms with Crippen LogP contribution in [0.25, 0.3) is 5.52 Å². The molecule has 0 N–H and O–H groups in total. The Balaban J connectivity index is 1.54. The summed E-state index contributed by atoms with van der Waals surface area (Å²) in [6.07, 6.45) is 5.82. The van der Waals surface area contributed by atoms with Crippen LogP contribution in [0.5, 0.6) is 0 Å². The predicted molar refractivity (Wildman–Crippen MR) is 110 cm³/mol. The average molecular weight is 388 g/mol. The van der Waals surface area contributed by atoms with Gasteiger partial charge >= 0.3 is 0 Å². The monoisotopic (exact) mass is 388 g/mol. The molecule has 148 valence electrons. The zero-order valence-corrected chi connectivity index (χ0v) is 16.3. The number of carbonyl (C=O) groups is 2. The van der Waals surface area contributed by atoms with Gasteiger partial charge in [0.25, 0.3) is 11.8 Å². The largest absolute Gasteiger partial charge is 0.337 e. The molecule has 6 heteroatoms. The minimum atomic E-state index is -0.127. The van der Waals surface area contributed by atoms with Crippen LogP contribution in [0, 0.1) is 0 Å². The smallest absolute Gasteiger partial charge is 0.274 e. The molecule has 2 aliphatic heterocycles. The lowest BCUT2D eigenvalue weighted by molar-refractivity contribution is 0.0729.